The number of amides is 1. The molecule has 0 fully saturated rings. The summed E-state index contributed by atoms with van der Waals surface area (Å²) in [6.07, 6.45) is 3.28. The largest absolute Gasteiger partial charge is 0.480 e. The van der Waals surface area contributed by atoms with Crippen molar-refractivity contribution in [1.82, 2.24) is 24.9 Å². The number of hydrogen-bond donors (Lipinski definition) is 2. The Morgan fingerprint density at radius 2 is 2.10 bits per heavy atom. The highest BCUT2D eigenvalue weighted by Gasteiger charge is 2.30. The lowest BCUT2D eigenvalue weighted by molar-refractivity contribution is -0.143. The Kier molecular flexibility index (Phi) is 3.39. The minimum Gasteiger partial charge on any atom is -0.480 e. The fourth-order valence-corrected chi connectivity index (χ4v) is 1.76. The van der Waals surface area contributed by atoms with E-state index in [4.69, 9.17) is 5.11 Å². The number of carbonyl (C=O) groups is 2. The summed E-state index contributed by atoms with van der Waals surface area (Å²) in [5.74, 6) is -1.21. The fraction of sp³-hybridized carbons (Fsp3) is 0.417. The molecule has 8 nitrogen and oxygen atoms in total. The Hall–Kier alpha value is -2.51. The van der Waals surface area contributed by atoms with Crippen molar-refractivity contribution in [2.45, 2.75) is 32.7 Å². The molecule has 0 unspecified atom stereocenters. The second kappa shape index (κ2) is 4.87. The van der Waals surface area contributed by atoms with Gasteiger partial charge >= 0.3 is 5.97 Å². The summed E-state index contributed by atoms with van der Waals surface area (Å²) in [6, 6.07) is 0. The number of fused-ring (bicyclic) bond motifs is 1. The van der Waals surface area contributed by atoms with Gasteiger partial charge in [-0.15, -0.1) is 0 Å². The quantitative estimate of drug-likeness (QED) is 0.830. The molecule has 2 aromatic heterocycles. The number of nitrogens with one attached hydrogen (secondary N) is 1. The maximum absolute atomic E-state index is 12.2. The molecular formula is C12H15N5O3. The molecule has 2 heterocycles. The maximum Gasteiger partial charge on any atom is 0.328 e. The van der Waals surface area contributed by atoms with Crippen LogP contribution in [0.3, 0.4) is 0 Å². The van der Waals surface area contributed by atoms with Crippen LogP contribution in [-0.2, 0) is 11.2 Å². The molecule has 1 amide bonds. The van der Waals surface area contributed by atoms with Gasteiger partial charge in [-0.05, 0) is 20.3 Å². The predicted molar refractivity (Wildman–Crippen MR) is 69.3 cm³/mol. The molecule has 2 N–H and O–H groups in total. The summed E-state index contributed by atoms with van der Waals surface area (Å²) >= 11 is 0. The topological polar surface area (TPSA) is 109 Å². The highest BCUT2D eigenvalue weighted by Crippen LogP contribution is 2.12. The normalized spacial score (nSPS) is 11.6. The number of carboxylic acids is 1. The third kappa shape index (κ3) is 2.31. The van der Waals surface area contributed by atoms with Crippen molar-refractivity contribution in [3.05, 3.63) is 23.8 Å². The van der Waals surface area contributed by atoms with Crippen molar-refractivity contribution in [2.24, 2.45) is 0 Å². The van der Waals surface area contributed by atoms with Crippen LogP contribution in [0.4, 0.5) is 0 Å². The molecule has 2 aromatic rings. The average Bonchev–Trinajstić information content (AvgIpc) is 2.84. The summed E-state index contributed by atoms with van der Waals surface area (Å²) < 4.78 is 1.47. The van der Waals surface area contributed by atoms with Crippen LogP contribution >= 0.6 is 0 Å². The Morgan fingerprint density at radius 3 is 2.70 bits per heavy atom. The van der Waals surface area contributed by atoms with Gasteiger partial charge in [0.1, 0.15) is 11.9 Å². The molecule has 0 aromatic carbocycles. The van der Waals surface area contributed by atoms with E-state index >= 15 is 0 Å². The number of aryl methyl sites for hydroxylation is 1. The first-order chi connectivity index (χ1) is 9.36. The molecule has 0 saturated carbocycles. The molecule has 0 saturated heterocycles. The number of carboxylic acid groups (broad SMARTS) is 1. The fourth-order valence-electron chi connectivity index (χ4n) is 1.76. The Morgan fingerprint density at radius 1 is 1.40 bits per heavy atom. The van der Waals surface area contributed by atoms with Crippen LogP contribution in [0.5, 0.6) is 0 Å². The molecule has 0 spiro atoms. The minimum atomic E-state index is -1.36. The molecule has 8 heteroatoms. The molecule has 0 bridgehead atoms. The third-order valence-corrected chi connectivity index (χ3v) is 2.95. The predicted octanol–water partition coefficient (Wildman–Crippen LogP) is 0.280. The molecular weight excluding hydrogens is 262 g/mol. The van der Waals surface area contributed by atoms with E-state index in [-0.39, 0.29) is 0 Å². The lowest BCUT2D eigenvalue weighted by Crippen LogP contribution is -2.50. The van der Waals surface area contributed by atoms with E-state index in [0.717, 1.165) is 0 Å². The third-order valence-electron chi connectivity index (χ3n) is 2.95. The van der Waals surface area contributed by atoms with Crippen LogP contribution in [0.15, 0.2) is 12.5 Å². The van der Waals surface area contributed by atoms with Crippen LogP contribution in [0.2, 0.25) is 0 Å². The van der Waals surface area contributed by atoms with Gasteiger partial charge in [0, 0.05) is 6.20 Å². The Bertz CT molecular complexity index is 677. The number of hydrogen-bond acceptors (Lipinski definition) is 5. The zero-order valence-electron chi connectivity index (χ0n) is 11.4. The van der Waals surface area contributed by atoms with Crippen molar-refractivity contribution < 1.29 is 14.7 Å². The van der Waals surface area contributed by atoms with Gasteiger partial charge in [0.15, 0.2) is 0 Å². The zero-order valence-corrected chi connectivity index (χ0v) is 11.4. The first kappa shape index (κ1) is 13.9. The minimum absolute atomic E-state index is 0.292. The smallest absolute Gasteiger partial charge is 0.328 e. The van der Waals surface area contributed by atoms with Gasteiger partial charge in [0.25, 0.3) is 11.7 Å². The molecule has 0 atom stereocenters. The summed E-state index contributed by atoms with van der Waals surface area (Å²) in [7, 11) is 0. The lowest BCUT2D eigenvalue weighted by Gasteiger charge is -2.21. The number of carbonyl (C=O) groups excluding carboxylic acids is 1. The molecule has 0 aliphatic rings. The monoisotopic (exact) mass is 277 g/mol. The van der Waals surface area contributed by atoms with Crippen LogP contribution in [0.1, 0.15) is 36.8 Å². The second-order valence-corrected chi connectivity index (χ2v) is 4.83. The number of rotatable bonds is 4. The highest BCUT2D eigenvalue weighted by molar-refractivity contribution is 5.98. The van der Waals surface area contributed by atoms with Gasteiger partial charge in [-0.1, -0.05) is 6.92 Å². The number of nitrogens with zero attached hydrogens (tertiary/aromatic N) is 4. The standard InChI is InChI=1S/C12H15N5O3/c1-4-8-7(5-13-11-14-6-15-17(8)11)9(18)16-12(2,3)10(19)20/h5-6H,4H2,1-3H3,(H,16,18)(H,19,20). The molecule has 0 aliphatic heterocycles. The highest BCUT2D eigenvalue weighted by atomic mass is 16.4. The Balaban J connectivity index is 2.42. The SMILES string of the molecule is CCc1c(C(=O)NC(C)(C)C(=O)O)cnc2ncnn12. The molecule has 0 aliphatic carbocycles. The average molecular weight is 277 g/mol. The summed E-state index contributed by atoms with van der Waals surface area (Å²) in [5, 5.41) is 15.5. The van der Waals surface area contributed by atoms with E-state index in [0.29, 0.717) is 23.5 Å². The van der Waals surface area contributed by atoms with Crippen LogP contribution in [0.25, 0.3) is 5.78 Å². The molecule has 0 radical (unpaired) electrons. The first-order valence-corrected chi connectivity index (χ1v) is 6.10. The summed E-state index contributed by atoms with van der Waals surface area (Å²) in [6.45, 7) is 4.70. The number of aromatic nitrogens is 4. The van der Waals surface area contributed by atoms with Crippen molar-refractivity contribution >= 4 is 17.7 Å². The zero-order chi connectivity index (χ0) is 14.9. The Labute approximate surface area is 114 Å². The van der Waals surface area contributed by atoms with E-state index in [1.807, 2.05) is 6.92 Å². The van der Waals surface area contributed by atoms with Gasteiger partial charge in [-0.2, -0.15) is 10.1 Å². The van der Waals surface area contributed by atoms with Gasteiger partial charge in [0.2, 0.25) is 0 Å². The van der Waals surface area contributed by atoms with Crippen molar-refractivity contribution in [1.29, 1.82) is 0 Å². The summed E-state index contributed by atoms with van der Waals surface area (Å²) in [4.78, 5) is 31.3. The van der Waals surface area contributed by atoms with Crippen molar-refractivity contribution in [3.8, 4) is 0 Å². The van der Waals surface area contributed by atoms with E-state index in [1.54, 1.807) is 0 Å². The van der Waals surface area contributed by atoms with E-state index in [1.165, 1.54) is 30.9 Å². The molecule has 2 rings (SSSR count). The van der Waals surface area contributed by atoms with Crippen molar-refractivity contribution in [2.75, 3.05) is 0 Å². The molecule has 106 valence electrons. The lowest BCUT2D eigenvalue weighted by atomic mass is 10.0. The van der Waals surface area contributed by atoms with Gasteiger partial charge < -0.3 is 10.4 Å². The number of aliphatic carboxylic acids is 1. The van der Waals surface area contributed by atoms with Gasteiger partial charge in [-0.25, -0.2) is 14.3 Å². The van der Waals surface area contributed by atoms with Crippen molar-refractivity contribution in [3.63, 3.8) is 0 Å². The van der Waals surface area contributed by atoms with E-state index < -0.39 is 17.4 Å². The van der Waals surface area contributed by atoms with Crippen LogP contribution in [-0.4, -0.2) is 42.1 Å². The first-order valence-electron chi connectivity index (χ1n) is 6.10. The summed E-state index contributed by atoms with van der Waals surface area (Å²) in [5.41, 5.74) is -0.439. The van der Waals surface area contributed by atoms with Crippen LogP contribution in [0, 0.1) is 0 Å². The van der Waals surface area contributed by atoms with E-state index in [2.05, 4.69) is 20.4 Å². The maximum atomic E-state index is 12.2. The molecule has 20 heavy (non-hydrogen) atoms. The second-order valence-electron chi connectivity index (χ2n) is 4.83. The van der Waals surface area contributed by atoms with Crippen LogP contribution < -0.4 is 5.32 Å². The van der Waals surface area contributed by atoms with E-state index in [9.17, 15) is 9.59 Å². The van der Waals surface area contributed by atoms with Gasteiger partial charge in [0.05, 0.1) is 11.3 Å². The van der Waals surface area contributed by atoms with Gasteiger partial charge in [-0.3, -0.25) is 4.79 Å².